The molecule has 0 radical (unpaired) electrons. The first-order valence-corrected chi connectivity index (χ1v) is 8.00. The number of hydrogen-bond donors (Lipinski definition) is 1. The zero-order valence-corrected chi connectivity index (χ0v) is 13.4. The van der Waals surface area contributed by atoms with Crippen molar-refractivity contribution in [1.82, 2.24) is 15.1 Å². The molecular weight excluding hydrogens is 258 g/mol. The molecule has 0 aliphatic carbocycles. The molecule has 21 heavy (non-hydrogen) atoms. The summed E-state index contributed by atoms with van der Waals surface area (Å²) in [5.74, 6) is 0.480. The normalized spacial score (nSPS) is 12.8. The van der Waals surface area contributed by atoms with Crippen LogP contribution in [-0.4, -0.2) is 22.9 Å². The maximum atomic E-state index is 4.69. The van der Waals surface area contributed by atoms with Gasteiger partial charge in [-0.15, -0.1) is 0 Å². The van der Waals surface area contributed by atoms with Crippen molar-refractivity contribution in [3.63, 3.8) is 0 Å². The van der Waals surface area contributed by atoms with Crippen molar-refractivity contribution in [1.29, 1.82) is 0 Å². The Kier molecular flexibility index (Phi) is 6.00. The first-order chi connectivity index (χ1) is 10.2. The van der Waals surface area contributed by atoms with Crippen LogP contribution in [0.25, 0.3) is 0 Å². The van der Waals surface area contributed by atoms with Gasteiger partial charge in [-0.1, -0.05) is 37.3 Å². The van der Waals surface area contributed by atoms with Crippen LogP contribution in [0.15, 0.2) is 42.6 Å². The van der Waals surface area contributed by atoms with E-state index in [1.54, 1.807) is 0 Å². The van der Waals surface area contributed by atoms with Crippen molar-refractivity contribution in [3.8, 4) is 0 Å². The third kappa shape index (κ3) is 4.71. The Morgan fingerprint density at radius 1 is 1.14 bits per heavy atom. The summed E-state index contributed by atoms with van der Waals surface area (Å²) in [7, 11) is 0. The second kappa shape index (κ2) is 7.99. The van der Waals surface area contributed by atoms with Gasteiger partial charge < -0.3 is 5.32 Å². The summed E-state index contributed by atoms with van der Waals surface area (Å²) in [5, 5.41) is 8.24. The molecule has 0 aliphatic rings. The van der Waals surface area contributed by atoms with Crippen LogP contribution >= 0.6 is 0 Å². The van der Waals surface area contributed by atoms with Crippen molar-refractivity contribution in [2.45, 2.75) is 45.6 Å². The van der Waals surface area contributed by atoms with E-state index in [1.165, 1.54) is 17.7 Å². The highest BCUT2D eigenvalue weighted by Gasteiger charge is 2.14. The highest BCUT2D eigenvalue weighted by molar-refractivity contribution is 5.22. The fraction of sp³-hybridized carbons (Fsp3) is 0.500. The summed E-state index contributed by atoms with van der Waals surface area (Å²) in [4.78, 5) is 0. The highest BCUT2D eigenvalue weighted by atomic mass is 15.3. The molecule has 1 aromatic heterocycles. The van der Waals surface area contributed by atoms with Gasteiger partial charge in [0, 0.05) is 24.7 Å². The van der Waals surface area contributed by atoms with E-state index < -0.39 is 0 Å². The highest BCUT2D eigenvalue weighted by Crippen LogP contribution is 2.20. The lowest BCUT2D eigenvalue weighted by Crippen LogP contribution is -2.24. The molecule has 0 spiro atoms. The average Bonchev–Trinajstić information content (AvgIpc) is 2.96. The zero-order chi connectivity index (χ0) is 15.1. The Hall–Kier alpha value is -1.61. The van der Waals surface area contributed by atoms with Crippen molar-refractivity contribution in [2.75, 3.05) is 13.1 Å². The zero-order valence-electron chi connectivity index (χ0n) is 13.4. The number of aromatic nitrogens is 2. The molecule has 0 saturated carbocycles. The molecule has 114 valence electrons. The minimum atomic E-state index is 0.423. The number of nitrogens with one attached hydrogen (secondary N) is 1. The maximum Gasteiger partial charge on any atom is 0.0631 e. The fourth-order valence-corrected chi connectivity index (χ4v) is 2.51. The number of benzene rings is 1. The minimum Gasteiger partial charge on any atom is -0.316 e. The average molecular weight is 285 g/mol. The van der Waals surface area contributed by atoms with Crippen molar-refractivity contribution >= 4 is 0 Å². The van der Waals surface area contributed by atoms with Gasteiger partial charge in [-0.25, -0.2) is 0 Å². The molecule has 1 N–H and O–H groups in total. The van der Waals surface area contributed by atoms with Crippen LogP contribution in [0.5, 0.6) is 0 Å². The number of rotatable bonds is 8. The number of hydrogen-bond acceptors (Lipinski definition) is 2. The monoisotopic (exact) mass is 285 g/mol. The Morgan fingerprint density at radius 3 is 2.52 bits per heavy atom. The molecule has 2 aromatic rings. The SMILES string of the molecule is CCCNCC(Cc1ccn(C(C)C)n1)c1ccccc1. The second-order valence-corrected chi connectivity index (χ2v) is 5.90. The molecule has 1 heterocycles. The van der Waals surface area contributed by atoms with E-state index in [1.807, 2.05) is 4.68 Å². The minimum absolute atomic E-state index is 0.423. The summed E-state index contributed by atoms with van der Waals surface area (Å²) >= 11 is 0. The molecular formula is C18H27N3. The van der Waals surface area contributed by atoms with Crippen LogP contribution in [0.4, 0.5) is 0 Å². The molecule has 0 fully saturated rings. The Balaban J connectivity index is 2.07. The van der Waals surface area contributed by atoms with Gasteiger partial charge in [0.2, 0.25) is 0 Å². The van der Waals surface area contributed by atoms with Crippen LogP contribution in [0, 0.1) is 0 Å². The molecule has 3 nitrogen and oxygen atoms in total. The van der Waals surface area contributed by atoms with Crippen LogP contribution in [-0.2, 0) is 6.42 Å². The first-order valence-electron chi connectivity index (χ1n) is 8.00. The Bertz CT molecular complexity index is 516. The number of nitrogens with zero attached hydrogens (tertiary/aromatic N) is 2. The van der Waals surface area contributed by atoms with Crippen LogP contribution in [0.2, 0.25) is 0 Å². The molecule has 1 atom stereocenters. The van der Waals surface area contributed by atoms with Gasteiger partial charge in [0.15, 0.2) is 0 Å². The maximum absolute atomic E-state index is 4.69. The van der Waals surface area contributed by atoms with Gasteiger partial charge in [-0.05, 0) is 44.9 Å². The summed E-state index contributed by atoms with van der Waals surface area (Å²) in [6, 6.07) is 13.3. The van der Waals surface area contributed by atoms with Gasteiger partial charge >= 0.3 is 0 Å². The van der Waals surface area contributed by atoms with Gasteiger partial charge in [0.1, 0.15) is 0 Å². The lowest BCUT2D eigenvalue weighted by molar-refractivity contribution is 0.516. The van der Waals surface area contributed by atoms with E-state index in [2.05, 4.69) is 68.7 Å². The van der Waals surface area contributed by atoms with Crippen molar-refractivity contribution in [3.05, 3.63) is 53.9 Å². The van der Waals surface area contributed by atoms with E-state index in [9.17, 15) is 0 Å². The third-order valence-corrected chi connectivity index (χ3v) is 3.74. The van der Waals surface area contributed by atoms with Crippen LogP contribution in [0.1, 0.15) is 50.4 Å². The molecule has 0 saturated heterocycles. The molecule has 3 heteroatoms. The van der Waals surface area contributed by atoms with E-state index in [0.29, 0.717) is 12.0 Å². The van der Waals surface area contributed by atoms with Crippen LogP contribution < -0.4 is 5.32 Å². The van der Waals surface area contributed by atoms with E-state index >= 15 is 0 Å². The first kappa shape index (κ1) is 15.8. The molecule has 0 amide bonds. The van der Waals surface area contributed by atoms with Crippen LogP contribution in [0.3, 0.4) is 0 Å². The smallest absolute Gasteiger partial charge is 0.0631 e. The third-order valence-electron chi connectivity index (χ3n) is 3.74. The lowest BCUT2D eigenvalue weighted by atomic mass is 9.94. The predicted octanol–water partition coefficient (Wildman–Crippen LogP) is 3.79. The summed E-state index contributed by atoms with van der Waals surface area (Å²) < 4.78 is 2.04. The molecule has 1 aromatic carbocycles. The Morgan fingerprint density at radius 2 is 1.90 bits per heavy atom. The summed E-state index contributed by atoms with van der Waals surface area (Å²) in [6.45, 7) is 8.60. The quantitative estimate of drug-likeness (QED) is 0.748. The standard InChI is InChI=1S/C18H27N3/c1-4-11-19-14-17(16-8-6-5-7-9-16)13-18-10-12-21(20-18)15(2)3/h5-10,12,15,17,19H,4,11,13-14H2,1-3H3. The van der Waals surface area contributed by atoms with Gasteiger partial charge in [0.05, 0.1) is 5.69 Å². The molecule has 1 unspecified atom stereocenters. The summed E-state index contributed by atoms with van der Waals surface area (Å²) in [5.41, 5.74) is 2.57. The van der Waals surface area contributed by atoms with Crippen molar-refractivity contribution < 1.29 is 0 Å². The second-order valence-electron chi connectivity index (χ2n) is 5.90. The Labute approximate surface area is 128 Å². The van der Waals surface area contributed by atoms with Gasteiger partial charge in [-0.3, -0.25) is 4.68 Å². The van der Waals surface area contributed by atoms with Gasteiger partial charge in [-0.2, -0.15) is 5.10 Å². The van der Waals surface area contributed by atoms with E-state index in [-0.39, 0.29) is 0 Å². The molecule has 2 rings (SSSR count). The van der Waals surface area contributed by atoms with Gasteiger partial charge in [0.25, 0.3) is 0 Å². The van der Waals surface area contributed by atoms with E-state index in [4.69, 9.17) is 5.10 Å². The topological polar surface area (TPSA) is 29.9 Å². The molecule has 0 aliphatic heterocycles. The van der Waals surface area contributed by atoms with Crippen molar-refractivity contribution in [2.24, 2.45) is 0 Å². The predicted molar refractivity (Wildman–Crippen MR) is 88.7 cm³/mol. The fourth-order valence-electron chi connectivity index (χ4n) is 2.51. The lowest BCUT2D eigenvalue weighted by Gasteiger charge is -2.17. The molecule has 0 bridgehead atoms. The largest absolute Gasteiger partial charge is 0.316 e. The summed E-state index contributed by atoms with van der Waals surface area (Å²) in [6.07, 6.45) is 4.24. The van der Waals surface area contributed by atoms with E-state index in [0.717, 1.165) is 19.5 Å².